The van der Waals surface area contributed by atoms with Gasteiger partial charge in [-0.3, -0.25) is 57.5 Å². The second kappa shape index (κ2) is 37.2. The van der Waals surface area contributed by atoms with E-state index in [9.17, 15) is 52.7 Å². The van der Waals surface area contributed by atoms with Gasteiger partial charge < -0.3 is 60.5 Å². The van der Waals surface area contributed by atoms with Gasteiger partial charge in [0.05, 0.1) is 26.1 Å². The summed E-state index contributed by atoms with van der Waals surface area (Å²) in [5.74, 6) is -9.08. The van der Waals surface area contributed by atoms with Crippen molar-refractivity contribution in [3.05, 3.63) is 67.2 Å². The third-order valence-electron chi connectivity index (χ3n) is 18.1. The molecule has 2 heterocycles. The van der Waals surface area contributed by atoms with Crippen LogP contribution in [0.1, 0.15) is 138 Å². The van der Waals surface area contributed by atoms with Crippen LogP contribution in [0.15, 0.2) is 42.5 Å². The summed E-state index contributed by atoms with van der Waals surface area (Å²) < 4.78 is 0.768. The van der Waals surface area contributed by atoms with Crippen LogP contribution >= 0.6 is 45.8 Å². The Morgan fingerprint density at radius 2 is 1.19 bits per heavy atom. The Kier molecular flexibility index (Phi) is 31.7. The predicted molar refractivity (Wildman–Crippen MR) is 373 cm³/mol. The van der Waals surface area contributed by atoms with Gasteiger partial charge in [-0.25, -0.2) is 0 Å². The molecule has 0 spiro atoms. The highest BCUT2D eigenvalue weighted by Crippen LogP contribution is 2.25. The molecule has 95 heavy (non-hydrogen) atoms. The number of piperidine rings is 1. The first kappa shape index (κ1) is 80.8. The topological polar surface area (TPSA) is 279 Å². The maximum Gasteiger partial charge on any atom is 0.246 e. The number of carbonyl (C=O) groups is 12. The molecule has 24 nitrogen and oxygen atoms in total. The van der Waals surface area contributed by atoms with Crippen molar-refractivity contribution in [1.29, 1.82) is 0 Å². The number of nitrogens with one attached hydrogen (secondary N) is 4. The van der Waals surface area contributed by atoms with Crippen LogP contribution in [-0.2, 0) is 70.4 Å². The van der Waals surface area contributed by atoms with Gasteiger partial charge in [0.1, 0.15) is 47.8 Å². The molecule has 12 amide bonds. The molecule has 2 aromatic rings. The molecule has 2 fully saturated rings. The standard InChI is InChI=1S/C68H103Cl2IN12O12/c1-17-19-23-49-63(91)82(16)68(8,9)67(95)74-51(32-41(3)4)62(90)81(15)54(65(93)83-30-21-20-22-31-83)37-56(85)79(13)52(33-42(5)6)61(89)75-59(43(7)18-2)66(94)78(12)39-57(86)76(10)40-58(87)80(14)53(34-44-24-26-46(69)27-25-44)64(92)77(11)38-55(84)72-50(60(88)73-49)36-45-35-47(71)28-29-48(45)70/h24-29,35,41-43,49-54,59H,17-23,30-34,36-40H2,1-16H3,(H,72,84)(H,73,88)(H,74,95)(H,75,89)/t43-,49-,50-,51-,52-,53-,54-,59-/m0/s1. The molecular weight excluding hydrogens is 1370 g/mol. The Morgan fingerprint density at radius 3 is 1.78 bits per heavy atom. The van der Waals surface area contributed by atoms with E-state index in [1.165, 1.54) is 82.8 Å². The summed E-state index contributed by atoms with van der Waals surface area (Å²) in [6, 6.07) is 2.73. The number of halogens is 3. The van der Waals surface area contributed by atoms with Crippen molar-refractivity contribution < 1.29 is 57.5 Å². The maximum absolute atomic E-state index is 15.1. The zero-order chi connectivity index (χ0) is 71.5. The minimum absolute atomic E-state index is 0.0625. The zero-order valence-electron chi connectivity index (χ0n) is 58.4. The van der Waals surface area contributed by atoms with E-state index in [0.29, 0.717) is 61.3 Å². The smallest absolute Gasteiger partial charge is 0.246 e. The average Bonchev–Trinajstić information content (AvgIpc) is 0.816. The first-order valence-electron chi connectivity index (χ1n) is 32.9. The van der Waals surface area contributed by atoms with Crippen molar-refractivity contribution in [2.24, 2.45) is 17.8 Å². The highest BCUT2D eigenvalue weighted by Gasteiger charge is 2.44. The molecule has 4 rings (SSSR count). The van der Waals surface area contributed by atoms with Crippen LogP contribution in [0.3, 0.4) is 0 Å². The summed E-state index contributed by atoms with van der Waals surface area (Å²) in [5.41, 5.74) is -0.638. The molecule has 0 aromatic heterocycles. The lowest BCUT2D eigenvalue weighted by Crippen LogP contribution is -2.63. The van der Waals surface area contributed by atoms with Crippen LogP contribution in [0.5, 0.6) is 0 Å². The molecule has 0 radical (unpaired) electrons. The molecule has 2 aromatic carbocycles. The highest BCUT2D eigenvalue weighted by molar-refractivity contribution is 14.1. The molecule has 2 aliphatic heterocycles. The Balaban J connectivity index is 1.90. The highest BCUT2D eigenvalue weighted by atomic mass is 127. The number of rotatable bonds is 14. The van der Waals surface area contributed by atoms with Crippen LogP contribution in [-0.4, -0.2) is 240 Å². The number of likely N-dealkylation sites (tertiary alicyclic amines) is 1. The molecule has 2 saturated heterocycles. The second-order valence-electron chi connectivity index (χ2n) is 26.9. The molecule has 8 atom stereocenters. The van der Waals surface area contributed by atoms with Crippen LogP contribution in [0.4, 0.5) is 0 Å². The number of hydrogen-bond donors (Lipinski definition) is 4. The lowest BCUT2D eigenvalue weighted by molar-refractivity contribution is -0.152. The minimum Gasteiger partial charge on any atom is -0.343 e. The van der Waals surface area contributed by atoms with E-state index in [-0.39, 0.29) is 49.0 Å². The molecule has 528 valence electrons. The Hall–Kier alpha value is -6.61. The number of hydrogen-bond acceptors (Lipinski definition) is 12. The number of unbranched alkanes of at least 4 members (excludes halogenated alkanes) is 1. The van der Waals surface area contributed by atoms with Gasteiger partial charge in [-0.2, -0.15) is 0 Å². The third kappa shape index (κ3) is 23.0. The lowest BCUT2D eigenvalue weighted by Gasteiger charge is -2.39. The van der Waals surface area contributed by atoms with Crippen LogP contribution in [0.2, 0.25) is 10.0 Å². The van der Waals surface area contributed by atoms with E-state index in [4.69, 9.17) is 23.2 Å². The van der Waals surface area contributed by atoms with E-state index in [0.717, 1.165) is 24.7 Å². The molecular formula is C68H103Cl2IN12O12. The molecule has 0 aliphatic carbocycles. The van der Waals surface area contributed by atoms with E-state index in [2.05, 4.69) is 43.9 Å². The van der Waals surface area contributed by atoms with Gasteiger partial charge in [0.25, 0.3) is 0 Å². The fourth-order valence-electron chi connectivity index (χ4n) is 11.4. The number of carbonyl (C=O) groups excluding carboxylic acids is 12. The fraction of sp³-hybridized carbons (Fsp3) is 0.647. The summed E-state index contributed by atoms with van der Waals surface area (Å²) in [6.45, 7) is 14.9. The first-order valence-corrected chi connectivity index (χ1v) is 34.8. The Bertz CT molecular complexity index is 3060. The Labute approximate surface area is 585 Å². The van der Waals surface area contributed by atoms with Crippen molar-refractivity contribution >= 4 is 117 Å². The van der Waals surface area contributed by atoms with Gasteiger partial charge in [0, 0.05) is 88.9 Å². The van der Waals surface area contributed by atoms with Gasteiger partial charge in [-0.15, -0.1) is 0 Å². The van der Waals surface area contributed by atoms with E-state index < -0.39 is 151 Å². The lowest BCUT2D eigenvalue weighted by atomic mass is 9.95. The van der Waals surface area contributed by atoms with Gasteiger partial charge in [0.2, 0.25) is 70.9 Å². The normalized spacial score (nSPS) is 23.8. The minimum atomic E-state index is -1.71. The number of nitrogens with zero attached hydrogens (tertiary/aromatic N) is 8. The summed E-state index contributed by atoms with van der Waals surface area (Å²) in [4.78, 5) is 186. The van der Waals surface area contributed by atoms with E-state index in [1.54, 1.807) is 54.3 Å². The van der Waals surface area contributed by atoms with Crippen molar-refractivity contribution in [2.45, 2.75) is 187 Å². The number of benzene rings is 2. The number of likely N-dealkylation sites (N-methyl/N-ethyl adjacent to an activating group) is 7. The van der Waals surface area contributed by atoms with Crippen LogP contribution in [0, 0.1) is 21.3 Å². The zero-order valence-corrected chi connectivity index (χ0v) is 62.1. The Morgan fingerprint density at radius 1 is 0.600 bits per heavy atom. The average molecular weight is 1480 g/mol. The van der Waals surface area contributed by atoms with Crippen molar-refractivity contribution in [3.8, 4) is 0 Å². The summed E-state index contributed by atoms with van der Waals surface area (Å²) >= 11 is 15.0. The van der Waals surface area contributed by atoms with Gasteiger partial charge >= 0.3 is 0 Å². The first-order chi connectivity index (χ1) is 44.4. The van der Waals surface area contributed by atoms with Crippen molar-refractivity contribution in [3.63, 3.8) is 0 Å². The van der Waals surface area contributed by atoms with Crippen LogP contribution in [0.25, 0.3) is 0 Å². The fourth-order valence-corrected chi connectivity index (χ4v) is 12.3. The molecule has 0 saturated carbocycles. The van der Waals surface area contributed by atoms with E-state index in [1.807, 2.05) is 41.5 Å². The third-order valence-corrected chi connectivity index (χ3v) is 19.4. The number of amides is 12. The quantitative estimate of drug-likeness (QED) is 0.179. The van der Waals surface area contributed by atoms with Gasteiger partial charge in [-0.1, -0.05) is 103 Å². The van der Waals surface area contributed by atoms with E-state index >= 15 is 4.79 Å². The molecule has 0 bridgehead atoms. The monoisotopic (exact) mass is 1480 g/mol. The second-order valence-corrected chi connectivity index (χ2v) is 29.0. The van der Waals surface area contributed by atoms with Crippen molar-refractivity contribution in [1.82, 2.24) is 60.5 Å². The largest absolute Gasteiger partial charge is 0.343 e. The summed E-state index contributed by atoms with van der Waals surface area (Å²) in [5, 5.41) is 12.1. The van der Waals surface area contributed by atoms with Crippen LogP contribution < -0.4 is 21.3 Å². The SMILES string of the molecule is CCCC[C@@H]1NC(=O)[C@H](Cc2cc(I)ccc2Cl)NC(=O)CN(C)C(=O)[C@H](Cc2ccc(Cl)cc2)N(C)C(=O)CN(C)C(=O)CN(C)C(=O)[C@H]([C@@H](C)CC)NC(=O)[C@H](CC(C)C)N(C)C(=O)C[C@@H](C(=O)N2CCCCC2)N(C)C(=O)[C@H](CC(C)C)NC(=O)C(C)(C)N(C)C1=O. The molecule has 4 N–H and O–H groups in total. The maximum atomic E-state index is 15.1. The molecule has 2 aliphatic rings. The molecule has 0 unspecified atom stereocenters. The predicted octanol–water partition coefficient (Wildman–Crippen LogP) is 5.16. The summed E-state index contributed by atoms with van der Waals surface area (Å²) in [6.07, 6.45) is 3.22. The molecule has 27 heteroatoms. The van der Waals surface area contributed by atoms with Gasteiger partial charge in [-0.05, 0) is 134 Å². The van der Waals surface area contributed by atoms with Crippen molar-refractivity contribution in [2.75, 3.05) is 82.1 Å². The summed E-state index contributed by atoms with van der Waals surface area (Å²) in [7, 11) is 9.72. The van der Waals surface area contributed by atoms with Gasteiger partial charge in [0.15, 0.2) is 0 Å².